The van der Waals surface area contributed by atoms with Crippen molar-refractivity contribution in [1.82, 2.24) is 9.80 Å². The third kappa shape index (κ3) is 4.23. The standard InChI is InChI=1S/C15H23N3O3/c1-16(2)10-13-9-14(19)11-17(13)8-7-12-5-3-4-6-15(12)18(20)21/h3-6,13-14,19H,7-11H2,1-2H3. The Hall–Kier alpha value is -1.50. The van der Waals surface area contributed by atoms with Gasteiger partial charge in [0.25, 0.3) is 5.69 Å². The normalized spacial score (nSPS) is 22.9. The molecular formula is C15H23N3O3. The zero-order chi connectivity index (χ0) is 15.4. The van der Waals surface area contributed by atoms with E-state index in [1.807, 2.05) is 26.2 Å². The van der Waals surface area contributed by atoms with Gasteiger partial charge >= 0.3 is 0 Å². The van der Waals surface area contributed by atoms with E-state index < -0.39 is 0 Å². The molecule has 0 aromatic heterocycles. The van der Waals surface area contributed by atoms with Crippen molar-refractivity contribution >= 4 is 5.69 Å². The van der Waals surface area contributed by atoms with Crippen molar-refractivity contribution in [2.75, 3.05) is 33.7 Å². The maximum absolute atomic E-state index is 11.0. The zero-order valence-electron chi connectivity index (χ0n) is 12.6. The fourth-order valence-electron chi connectivity index (χ4n) is 3.01. The summed E-state index contributed by atoms with van der Waals surface area (Å²) in [6.07, 6.45) is 1.11. The third-order valence-electron chi connectivity index (χ3n) is 3.94. The van der Waals surface area contributed by atoms with Gasteiger partial charge in [0.1, 0.15) is 0 Å². The van der Waals surface area contributed by atoms with Crippen LogP contribution in [-0.2, 0) is 6.42 Å². The van der Waals surface area contributed by atoms with Gasteiger partial charge in [0.2, 0.25) is 0 Å². The first-order chi connectivity index (χ1) is 9.97. The van der Waals surface area contributed by atoms with Crippen LogP contribution < -0.4 is 0 Å². The van der Waals surface area contributed by atoms with Crippen LogP contribution in [0.1, 0.15) is 12.0 Å². The highest BCUT2D eigenvalue weighted by molar-refractivity contribution is 5.39. The number of para-hydroxylation sites is 1. The zero-order valence-corrected chi connectivity index (χ0v) is 12.6. The van der Waals surface area contributed by atoms with Gasteiger partial charge < -0.3 is 10.0 Å². The van der Waals surface area contributed by atoms with E-state index in [0.29, 0.717) is 19.0 Å². The number of likely N-dealkylation sites (tertiary alicyclic amines) is 1. The van der Waals surface area contributed by atoms with Gasteiger partial charge in [-0.05, 0) is 26.9 Å². The second-order valence-corrected chi connectivity index (χ2v) is 5.94. The summed E-state index contributed by atoms with van der Waals surface area (Å²) in [5.74, 6) is 0. The predicted molar refractivity (Wildman–Crippen MR) is 81.3 cm³/mol. The van der Waals surface area contributed by atoms with E-state index in [-0.39, 0.29) is 16.7 Å². The summed E-state index contributed by atoms with van der Waals surface area (Å²) in [5, 5.41) is 20.9. The molecular weight excluding hydrogens is 270 g/mol. The molecule has 0 amide bonds. The summed E-state index contributed by atoms with van der Waals surface area (Å²) >= 11 is 0. The van der Waals surface area contributed by atoms with Crippen molar-refractivity contribution in [3.63, 3.8) is 0 Å². The SMILES string of the molecule is CN(C)CC1CC(O)CN1CCc1ccccc1[N+](=O)[O-]. The first kappa shape index (κ1) is 15.9. The van der Waals surface area contributed by atoms with Crippen molar-refractivity contribution in [2.45, 2.75) is 25.0 Å². The number of β-amino-alcohol motifs (C(OH)–C–C–N with tert-alkyl or cyclic N) is 1. The largest absolute Gasteiger partial charge is 0.392 e. The van der Waals surface area contributed by atoms with Gasteiger partial charge in [-0.15, -0.1) is 0 Å². The van der Waals surface area contributed by atoms with Crippen molar-refractivity contribution in [3.8, 4) is 0 Å². The molecule has 1 fully saturated rings. The lowest BCUT2D eigenvalue weighted by Gasteiger charge is -2.26. The van der Waals surface area contributed by atoms with Gasteiger partial charge in [0.05, 0.1) is 11.0 Å². The van der Waals surface area contributed by atoms with E-state index in [4.69, 9.17) is 0 Å². The number of hydrogen-bond donors (Lipinski definition) is 1. The lowest BCUT2D eigenvalue weighted by Crippen LogP contribution is -2.38. The van der Waals surface area contributed by atoms with Gasteiger partial charge in [0, 0.05) is 37.3 Å². The van der Waals surface area contributed by atoms with E-state index in [0.717, 1.165) is 25.1 Å². The second kappa shape index (κ2) is 6.98. The van der Waals surface area contributed by atoms with Crippen LogP contribution in [0.3, 0.4) is 0 Å². The second-order valence-electron chi connectivity index (χ2n) is 5.94. The molecule has 1 saturated heterocycles. The Bertz CT molecular complexity index is 493. The summed E-state index contributed by atoms with van der Waals surface area (Å²) in [6, 6.07) is 7.20. The Kier molecular flexibility index (Phi) is 5.27. The summed E-state index contributed by atoms with van der Waals surface area (Å²) in [7, 11) is 4.04. The molecule has 1 aliphatic heterocycles. The van der Waals surface area contributed by atoms with Crippen molar-refractivity contribution in [1.29, 1.82) is 0 Å². The predicted octanol–water partition coefficient (Wildman–Crippen LogP) is 1.13. The van der Waals surface area contributed by atoms with Gasteiger partial charge in [0.15, 0.2) is 0 Å². The molecule has 0 spiro atoms. The molecule has 2 rings (SSSR count). The average molecular weight is 293 g/mol. The molecule has 0 radical (unpaired) electrons. The Morgan fingerprint density at radius 3 is 2.81 bits per heavy atom. The van der Waals surface area contributed by atoms with Gasteiger partial charge in [-0.25, -0.2) is 0 Å². The number of benzene rings is 1. The van der Waals surface area contributed by atoms with Crippen LogP contribution in [0.5, 0.6) is 0 Å². The van der Waals surface area contributed by atoms with Crippen LogP contribution in [0.25, 0.3) is 0 Å². The molecule has 21 heavy (non-hydrogen) atoms. The molecule has 1 N–H and O–H groups in total. The van der Waals surface area contributed by atoms with Crippen LogP contribution in [0.2, 0.25) is 0 Å². The van der Waals surface area contributed by atoms with E-state index >= 15 is 0 Å². The number of nitro groups is 1. The Morgan fingerprint density at radius 1 is 1.43 bits per heavy atom. The topological polar surface area (TPSA) is 69.8 Å². The Morgan fingerprint density at radius 2 is 2.14 bits per heavy atom. The highest BCUT2D eigenvalue weighted by atomic mass is 16.6. The van der Waals surface area contributed by atoms with Crippen molar-refractivity contribution in [3.05, 3.63) is 39.9 Å². The van der Waals surface area contributed by atoms with Crippen LogP contribution in [0.15, 0.2) is 24.3 Å². The number of rotatable bonds is 6. The van der Waals surface area contributed by atoms with E-state index in [1.165, 1.54) is 0 Å². The van der Waals surface area contributed by atoms with Gasteiger partial charge in [-0.1, -0.05) is 18.2 Å². The highest BCUT2D eigenvalue weighted by Gasteiger charge is 2.31. The molecule has 6 nitrogen and oxygen atoms in total. The first-order valence-corrected chi connectivity index (χ1v) is 7.26. The van der Waals surface area contributed by atoms with Gasteiger partial charge in [-0.3, -0.25) is 15.0 Å². The molecule has 0 aliphatic carbocycles. The first-order valence-electron chi connectivity index (χ1n) is 7.26. The summed E-state index contributed by atoms with van der Waals surface area (Å²) in [4.78, 5) is 15.0. The molecule has 1 heterocycles. The summed E-state index contributed by atoms with van der Waals surface area (Å²) in [6.45, 7) is 2.29. The number of hydrogen-bond acceptors (Lipinski definition) is 5. The van der Waals surface area contributed by atoms with E-state index in [2.05, 4.69) is 9.80 Å². The molecule has 116 valence electrons. The minimum Gasteiger partial charge on any atom is -0.392 e. The quantitative estimate of drug-likeness (QED) is 0.629. The number of nitrogens with zero attached hydrogens (tertiary/aromatic N) is 3. The average Bonchev–Trinajstić information content (AvgIpc) is 2.75. The minimum absolute atomic E-state index is 0.182. The van der Waals surface area contributed by atoms with Crippen LogP contribution >= 0.6 is 0 Å². The Balaban J connectivity index is 2.00. The van der Waals surface area contributed by atoms with Gasteiger partial charge in [-0.2, -0.15) is 0 Å². The minimum atomic E-state index is -0.328. The van der Waals surface area contributed by atoms with Crippen LogP contribution in [0.4, 0.5) is 5.69 Å². The highest BCUT2D eigenvalue weighted by Crippen LogP contribution is 2.22. The fourth-order valence-corrected chi connectivity index (χ4v) is 3.01. The van der Waals surface area contributed by atoms with Crippen LogP contribution in [0, 0.1) is 10.1 Å². The third-order valence-corrected chi connectivity index (χ3v) is 3.94. The lowest BCUT2D eigenvalue weighted by atomic mass is 10.1. The number of aliphatic hydroxyl groups excluding tert-OH is 1. The van der Waals surface area contributed by atoms with E-state index in [9.17, 15) is 15.2 Å². The van der Waals surface area contributed by atoms with Crippen LogP contribution in [-0.4, -0.2) is 65.7 Å². The van der Waals surface area contributed by atoms with Crippen molar-refractivity contribution < 1.29 is 10.0 Å². The smallest absolute Gasteiger partial charge is 0.272 e. The molecule has 2 unspecified atom stereocenters. The molecule has 2 atom stereocenters. The maximum atomic E-state index is 11.0. The molecule has 1 aromatic rings. The molecule has 6 heteroatoms. The molecule has 0 saturated carbocycles. The van der Waals surface area contributed by atoms with Crippen molar-refractivity contribution in [2.24, 2.45) is 0 Å². The number of aliphatic hydroxyl groups is 1. The van der Waals surface area contributed by atoms with E-state index in [1.54, 1.807) is 12.1 Å². The Labute approximate surface area is 125 Å². The summed E-state index contributed by atoms with van der Waals surface area (Å²) in [5.41, 5.74) is 0.939. The fraction of sp³-hybridized carbons (Fsp3) is 0.600. The lowest BCUT2D eigenvalue weighted by molar-refractivity contribution is -0.385. The molecule has 0 bridgehead atoms. The molecule has 1 aliphatic rings. The summed E-state index contributed by atoms with van der Waals surface area (Å²) < 4.78 is 0. The number of nitro benzene ring substituents is 1. The number of likely N-dealkylation sites (N-methyl/N-ethyl adjacent to an activating group) is 1. The monoisotopic (exact) mass is 293 g/mol. The molecule has 1 aromatic carbocycles. The maximum Gasteiger partial charge on any atom is 0.272 e.